The lowest BCUT2D eigenvalue weighted by molar-refractivity contribution is 0.593. The molecule has 1 heterocycles. The number of halogens is 1. The van der Waals surface area contributed by atoms with Crippen LogP contribution in [-0.4, -0.2) is 34.7 Å². The van der Waals surface area contributed by atoms with E-state index in [1.165, 1.54) is 49.9 Å². The van der Waals surface area contributed by atoms with Gasteiger partial charge in [-0.25, -0.2) is 12.8 Å². The molecule has 134 valence electrons. The highest BCUT2D eigenvalue weighted by Crippen LogP contribution is 2.46. The van der Waals surface area contributed by atoms with E-state index >= 15 is 0 Å². The molecule has 0 bridgehead atoms. The third-order valence-electron chi connectivity index (χ3n) is 4.51. The van der Waals surface area contributed by atoms with Gasteiger partial charge in [-0.3, -0.25) is 0 Å². The highest BCUT2D eigenvalue weighted by Gasteiger charge is 2.36. The van der Waals surface area contributed by atoms with Gasteiger partial charge in [-0.2, -0.15) is 0 Å². The Labute approximate surface area is 151 Å². The molecule has 2 saturated carbocycles. The molecule has 2 fully saturated rings. The Morgan fingerprint density at radius 2 is 1.84 bits per heavy atom. The van der Waals surface area contributed by atoms with Crippen LogP contribution in [-0.2, 0) is 9.84 Å². The summed E-state index contributed by atoms with van der Waals surface area (Å²) in [6.45, 7) is 0. The Balaban J connectivity index is 1.34. The Kier molecular flexibility index (Phi) is 4.58. The summed E-state index contributed by atoms with van der Waals surface area (Å²) in [5.74, 6) is 1.99. The average molecular weight is 381 g/mol. The molecule has 0 spiro atoms. The lowest BCUT2D eigenvalue weighted by atomic mass is 10.4. The minimum absolute atomic E-state index is 0.0542. The molecule has 0 saturated heterocycles. The second-order valence-electron chi connectivity index (χ2n) is 6.69. The van der Waals surface area contributed by atoms with Crippen LogP contribution >= 0.6 is 11.8 Å². The van der Waals surface area contributed by atoms with E-state index in [-0.39, 0.29) is 10.6 Å². The van der Waals surface area contributed by atoms with Gasteiger partial charge in [-0.05, 0) is 56.4 Å². The maximum absolute atomic E-state index is 12.9. The zero-order valence-corrected chi connectivity index (χ0v) is 15.4. The minimum Gasteiger partial charge on any atom is -0.303 e. The maximum Gasteiger partial charge on any atom is 0.191 e. The third kappa shape index (κ3) is 3.89. The van der Waals surface area contributed by atoms with Crippen molar-refractivity contribution in [3.05, 3.63) is 35.9 Å². The zero-order valence-electron chi connectivity index (χ0n) is 13.8. The number of nitrogens with zero attached hydrogens (tertiary/aromatic N) is 3. The van der Waals surface area contributed by atoms with Gasteiger partial charge in [0.05, 0.1) is 10.6 Å². The largest absolute Gasteiger partial charge is 0.303 e. The number of hydrogen-bond donors (Lipinski definition) is 0. The molecule has 2 aliphatic rings. The van der Waals surface area contributed by atoms with E-state index < -0.39 is 15.7 Å². The quantitative estimate of drug-likeness (QED) is 0.397. The van der Waals surface area contributed by atoms with Gasteiger partial charge >= 0.3 is 0 Å². The summed E-state index contributed by atoms with van der Waals surface area (Å²) in [5.41, 5.74) is 0. The van der Waals surface area contributed by atoms with Crippen molar-refractivity contribution in [2.24, 2.45) is 0 Å². The van der Waals surface area contributed by atoms with Crippen LogP contribution in [0.1, 0.15) is 49.9 Å². The first-order chi connectivity index (χ1) is 12.0. The molecule has 25 heavy (non-hydrogen) atoms. The second-order valence-corrected chi connectivity index (χ2v) is 9.86. The van der Waals surface area contributed by atoms with E-state index in [1.807, 2.05) is 0 Å². The van der Waals surface area contributed by atoms with Crippen molar-refractivity contribution < 1.29 is 12.8 Å². The van der Waals surface area contributed by atoms with Crippen LogP contribution in [0.15, 0.2) is 34.3 Å². The van der Waals surface area contributed by atoms with Crippen molar-refractivity contribution in [3.8, 4) is 0 Å². The molecule has 0 atom stereocenters. The average Bonchev–Trinajstić information content (AvgIpc) is 3.51. The van der Waals surface area contributed by atoms with Crippen LogP contribution in [0, 0.1) is 5.82 Å². The summed E-state index contributed by atoms with van der Waals surface area (Å²) in [6.07, 6.45) is 5.30. The van der Waals surface area contributed by atoms with E-state index in [4.69, 9.17) is 0 Å². The van der Waals surface area contributed by atoms with Crippen LogP contribution < -0.4 is 0 Å². The first kappa shape index (κ1) is 17.0. The summed E-state index contributed by atoms with van der Waals surface area (Å²) in [4.78, 5) is 0.177. The highest BCUT2D eigenvalue weighted by molar-refractivity contribution is 7.99. The molecule has 8 heteroatoms. The van der Waals surface area contributed by atoms with Gasteiger partial charge in [0.15, 0.2) is 15.0 Å². The third-order valence-corrected chi connectivity index (χ3v) is 7.35. The molecule has 0 unspecified atom stereocenters. The summed E-state index contributed by atoms with van der Waals surface area (Å²) in [7, 11) is -3.37. The Morgan fingerprint density at radius 3 is 2.48 bits per heavy atom. The fourth-order valence-corrected chi connectivity index (χ4v) is 5.30. The normalized spacial score (nSPS) is 17.8. The molecule has 1 aromatic heterocycles. The van der Waals surface area contributed by atoms with Crippen molar-refractivity contribution in [3.63, 3.8) is 0 Å². The SMILES string of the molecule is O=S(=O)(CCCSc1nnc(C2CC2)n1C1CC1)c1ccc(F)cc1. The van der Waals surface area contributed by atoms with E-state index in [1.54, 1.807) is 11.8 Å². The van der Waals surface area contributed by atoms with Gasteiger partial charge in [0.1, 0.15) is 11.6 Å². The predicted molar refractivity (Wildman–Crippen MR) is 94.1 cm³/mol. The molecule has 1 aromatic carbocycles. The van der Waals surface area contributed by atoms with E-state index in [0.717, 1.165) is 11.0 Å². The van der Waals surface area contributed by atoms with Gasteiger partial charge in [0.25, 0.3) is 0 Å². The summed E-state index contributed by atoms with van der Waals surface area (Å²) in [6, 6.07) is 5.54. The fraction of sp³-hybridized carbons (Fsp3) is 0.529. The van der Waals surface area contributed by atoms with E-state index in [2.05, 4.69) is 14.8 Å². The molecule has 0 radical (unpaired) electrons. The molecule has 5 nitrogen and oxygen atoms in total. The van der Waals surface area contributed by atoms with Crippen molar-refractivity contribution in [2.75, 3.05) is 11.5 Å². The van der Waals surface area contributed by atoms with Gasteiger partial charge < -0.3 is 4.57 Å². The van der Waals surface area contributed by atoms with Crippen LogP contribution in [0.5, 0.6) is 0 Å². The topological polar surface area (TPSA) is 64.8 Å². The Morgan fingerprint density at radius 1 is 1.12 bits per heavy atom. The Bertz CT molecular complexity index is 857. The molecule has 0 aliphatic heterocycles. The van der Waals surface area contributed by atoms with Crippen molar-refractivity contribution >= 4 is 21.6 Å². The maximum atomic E-state index is 12.9. The lowest BCUT2D eigenvalue weighted by Gasteiger charge is -2.08. The highest BCUT2D eigenvalue weighted by atomic mass is 32.2. The van der Waals surface area contributed by atoms with Crippen LogP contribution in [0.3, 0.4) is 0 Å². The summed E-state index contributed by atoms with van der Waals surface area (Å²) < 4.78 is 39.8. The summed E-state index contributed by atoms with van der Waals surface area (Å²) in [5, 5.41) is 9.61. The van der Waals surface area contributed by atoms with Gasteiger partial charge in [0.2, 0.25) is 0 Å². The predicted octanol–water partition coefficient (Wildman–Crippen LogP) is 3.59. The molecular formula is C17H20FN3O2S2. The number of sulfone groups is 1. The number of hydrogen-bond acceptors (Lipinski definition) is 5. The first-order valence-corrected chi connectivity index (χ1v) is 11.2. The molecular weight excluding hydrogens is 361 g/mol. The summed E-state index contributed by atoms with van der Waals surface area (Å²) >= 11 is 1.58. The Hall–Kier alpha value is -1.41. The number of aromatic nitrogens is 3. The van der Waals surface area contributed by atoms with Crippen LogP contribution in [0.25, 0.3) is 0 Å². The van der Waals surface area contributed by atoms with Gasteiger partial charge in [-0.1, -0.05) is 11.8 Å². The van der Waals surface area contributed by atoms with Crippen molar-refractivity contribution in [2.45, 2.75) is 54.1 Å². The monoisotopic (exact) mass is 381 g/mol. The zero-order chi connectivity index (χ0) is 17.4. The molecule has 0 N–H and O–H groups in total. The first-order valence-electron chi connectivity index (χ1n) is 8.60. The number of benzene rings is 1. The fourth-order valence-electron chi connectivity index (χ4n) is 2.85. The van der Waals surface area contributed by atoms with Crippen molar-refractivity contribution in [1.29, 1.82) is 0 Å². The number of rotatable bonds is 8. The molecule has 2 aliphatic carbocycles. The standard InChI is InChI=1S/C17H20FN3O2S2/c18-13-4-8-15(9-5-13)25(22,23)11-1-10-24-17-20-19-16(12-2-3-12)21(17)14-6-7-14/h4-5,8-9,12,14H,1-3,6-7,10-11H2. The molecule has 0 amide bonds. The van der Waals surface area contributed by atoms with Crippen molar-refractivity contribution in [1.82, 2.24) is 14.8 Å². The van der Waals surface area contributed by atoms with Crippen LogP contribution in [0.4, 0.5) is 4.39 Å². The molecule has 4 rings (SSSR count). The smallest absolute Gasteiger partial charge is 0.191 e. The second kappa shape index (κ2) is 6.72. The number of thioether (sulfide) groups is 1. The van der Waals surface area contributed by atoms with E-state index in [0.29, 0.717) is 24.1 Å². The van der Waals surface area contributed by atoms with Gasteiger partial charge in [-0.15, -0.1) is 10.2 Å². The van der Waals surface area contributed by atoms with E-state index in [9.17, 15) is 12.8 Å². The lowest BCUT2D eigenvalue weighted by Crippen LogP contribution is -2.08. The van der Waals surface area contributed by atoms with Gasteiger partial charge in [0, 0.05) is 17.7 Å². The minimum atomic E-state index is -3.37. The molecule has 2 aromatic rings. The van der Waals surface area contributed by atoms with Crippen LogP contribution in [0.2, 0.25) is 0 Å².